The number of nitrogens with one attached hydrogen (secondary N) is 1. The lowest BCUT2D eigenvalue weighted by atomic mass is 9.73. The Balaban J connectivity index is 1.27. The molecule has 3 atom stereocenters. The molecule has 0 aliphatic carbocycles. The Bertz CT molecular complexity index is 1330. The lowest BCUT2D eigenvalue weighted by Crippen LogP contribution is -2.50. The number of halogens is 2. The second-order valence-corrected chi connectivity index (χ2v) is 10.1. The van der Waals surface area contributed by atoms with E-state index < -0.39 is 12.3 Å². The number of hydrogen-bond acceptors (Lipinski definition) is 8. The van der Waals surface area contributed by atoms with E-state index in [1.54, 1.807) is 24.4 Å². The van der Waals surface area contributed by atoms with E-state index in [1.807, 2.05) is 17.9 Å². The maximum Gasteiger partial charge on any atom is 0.245 e. The van der Waals surface area contributed by atoms with E-state index in [9.17, 15) is 14.0 Å². The van der Waals surface area contributed by atoms with Crippen molar-refractivity contribution in [1.29, 1.82) is 5.26 Å². The Kier molecular flexibility index (Phi) is 5.53. The van der Waals surface area contributed by atoms with Crippen LogP contribution in [-0.2, 0) is 4.74 Å². The molecule has 2 fully saturated rings. The minimum atomic E-state index is -2.50. The first-order valence-electron chi connectivity index (χ1n) is 12.3. The molecule has 1 aromatic carbocycles. The molecule has 0 bridgehead atoms. The summed E-state index contributed by atoms with van der Waals surface area (Å²) in [6, 6.07) is 7.01. The normalized spacial score (nSPS) is 25.5. The van der Waals surface area contributed by atoms with E-state index in [4.69, 9.17) is 15.5 Å². The number of hydrogen-bond donors (Lipinski definition) is 2. The van der Waals surface area contributed by atoms with Gasteiger partial charge in [-0.1, -0.05) is 0 Å². The first-order valence-corrected chi connectivity index (χ1v) is 12.3. The molecule has 188 valence electrons. The summed E-state index contributed by atoms with van der Waals surface area (Å²) in [5.74, 6) is 0.392. The molecule has 3 aliphatic heterocycles. The SMILES string of the molecule is C[C@@H]1OCC2(CCN(c3cnc4c(N5CC[C@@H](C(F)F)c6cc(C#N)ccc65)n[nH]c4n3)CC2)[C@@H]1N. The van der Waals surface area contributed by atoms with Crippen LogP contribution in [0.1, 0.15) is 43.2 Å². The van der Waals surface area contributed by atoms with E-state index in [2.05, 4.69) is 20.1 Å². The number of piperidine rings is 1. The number of rotatable bonds is 3. The monoisotopic (exact) mass is 494 g/mol. The fourth-order valence-corrected chi connectivity index (χ4v) is 5.97. The molecule has 5 heterocycles. The number of ether oxygens (including phenoxy) is 1. The highest BCUT2D eigenvalue weighted by atomic mass is 19.3. The molecule has 1 spiro atoms. The molecule has 3 aromatic rings. The van der Waals surface area contributed by atoms with Crippen LogP contribution in [-0.4, -0.2) is 65.0 Å². The van der Waals surface area contributed by atoms with Gasteiger partial charge in [0.05, 0.1) is 30.5 Å². The van der Waals surface area contributed by atoms with Gasteiger partial charge in [0.15, 0.2) is 17.0 Å². The Morgan fingerprint density at radius 1 is 1.28 bits per heavy atom. The average Bonchev–Trinajstić information content (AvgIpc) is 3.44. The Morgan fingerprint density at radius 2 is 2.08 bits per heavy atom. The summed E-state index contributed by atoms with van der Waals surface area (Å²) in [6.07, 6.45) is 1.45. The summed E-state index contributed by atoms with van der Waals surface area (Å²) >= 11 is 0. The van der Waals surface area contributed by atoms with Crippen LogP contribution < -0.4 is 15.5 Å². The number of fused-ring (bicyclic) bond motifs is 2. The summed E-state index contributed by atoms with van der Waals surface area (Å²) < 4.78 is 33.3. The van der Waals surface area contributed by atoms with E-state index in [-0.39, 0.29) is 24.0 Å². The van der Waals surface area contributed by atoms with Gasteiger partial charge in [-0.15, -0.1) is 0 Å². The molecular formula is C25H28F2N8O. The van der Waals surface area contributed by atoms with E-state index in [1.165, 1.54) is 0 Å². The number of aromatic amines is 1. The molecule has 11 heteroatoms. The molecule has 0 amide bonds. The van der Waals surface area contributed by atoms with Gasteiger partial charge in [-0.2, -0.15) is 10.4 Å². The van der Waals surface area contributed by atoms with Crippen LogP contribution in [0.15, 0.2) is 24.4 Å². The highest BCUT2D eigenvalue weighted by molar-refractivity contribution is 5.88. The van der Waals surface area contributed by atoms with Crippen molar-refractivity contribution in [3.8, 4) is 6.07 Å². The highest BCUT2D eigenvalue weighted by Crippen LogP contribution is 2.44. The minimum absolute atomic E-state index is 0.0255. The van der Waals surface area contributed by atoms with Crippen molar-refractivity contribution in [3.05, 3.63) is 35.5 Å². The number of nitriles is 1. The molecule has 0 unspecified atom stereocenters. The summed E-state index contributed by atoms with van der Waals surface area (Å²) in [4.78, 5) is 13.6. The molecule has 9 nitrogen and oxygen atoms in total. The number of H-pyrrole nitrogens is 1. The minimum Gasteiger partial charge on any atom is -0.376 e. The molecule has 3 N–H and O–H groups in total. The lowest BCUT2D eigenvalue weighted by Gasteiger charge is -2.41. The summed E-state index contributed by atoms with van der Waals surface area (Å²) in [7, 11) is 0. The fraction of sp³-hybridized carbons (Fsp3) is 0.520. The third-order valence-corrected chi connectivity index (χ3v) is 8.24. The second-order valence-electron chi connectivity index (χ2n) is 10.1. The van der Waals surface area contributed by atoms with Crippen LogP contribution in [0, 0.1) is 16.7 Å². The molecule has 36 heavy (non-hydrogen) atoms. The number of aromatic nitrogens is 4. The summed E-state index contributed by atoms with van der Waals surface area (Å²) in [6.45, 7) is 4.75. The first kappa shape index (κ1) is 23.1. The molecule has 0 saturated carbocycles. The van der Waals surface area contributed by atoms with Gasteiger partial charge in [0.25, 0.3) is 0 Å². The number of alkyl halides is 2. The topological polar surface area (TPSA) is 120 Å². The zero-order valence-electron chi connectivity index (χ0n) is 20.0. The van der Waals surface area contributed by atoms with Crippen LogP contribution in [0.2, 0.25) is 0 Å². The number of benzene rings is 1. The van der Waals surface area contributed by atoms with Gasteiger partial charge in [0.1, 0.15) is 5.82 Å². The van der Waals surface area contributed by atoms with Crippen LogP contribution in [0.4, 0.5) is 26.1 Å². The van der Waals surface area contributed by atoms with Crippen molar-refractivity contribution in [3.63, 3.8) is 0 Å². The van der Waals surface area contributed by atoms with Crippen molar-refractivity contribution in [2.75, 3.05) is 36.0 Å². The van der Waals surface area contributed by atoms with Crippen molar-refractivity contribution >= 4 is 28.5 Å². The zero-order valence-corrected chi connectivity index (χ0v) is 20.0. The van der Waals surface area contributed by atoms with Gasteiger partial charge in [-0.05, 0) is 49.9 Å². The third-order valence-electron chi connectivity index (χ3n) is 8.24. The van der Waals surface area contributed by atoms with Crippen LogP contribution in [0.5, 0.6) is 0 Å². The zero-order chi connectivity index (χ0) is 25.0. The first-order chi connectivity index (χ1) is 17.4. The van der Waals surface area contributed by atoms with Crippen molar-refractivity contribution in [2.45, 2.75) is 50.7 Å². The Morgan fingerprint density at radius 3 is 2.78 bits per heavy atom. The lowest BCUT2D eigenvalue weighted by molar-refractivity contribution is 0.0974. The molecule has 3 aliphatic rings. The van der Waals surface area contributed by atoms with Crippen molar-refractivity contribution < 1.29 is 13.5 Å². The molecule has 2 aromatic heterocycles. The molecule has 0 radical (unpaired) electrons. The van der Waals surface area contributed by atoms with Crippen molar-refractivity contribution in [1.82, 2.24) is 20.2 Å². The molecular weight excluding hydrogens is 466 g/mol. The maximum absolute atomic E-state index is 13.8. The third kappa shape index (κ3) is 3.59. The predicted octanol–water partition coefficient (Wildman–Crippen LogP) is 3.45. The Hall–Kier alpha value is -3.36. The fourth-order valence-electron chi connectivity index (χ4n) is 5.97. The summed E-state index contributed by atoms with van der Waals surface area (Å²) in [5.41, 5.74) is 9.04. The maximum atomic E-state index is 13.8. The van der Waals surface area contributed by atoms with Gasteiger partial charge in [-0.25, -0.2) is 18.7 Å². The van der Waals surface area contributed by atoms with E-state index in [0.717, 1.165) is 31.7 Å². The van der Waals surface area contributed by atoms with Gasteiger partial charge in [0, 0.05) is 42.7 Å². The van der Waals surface area contributed by atoms with E-state index >= 15 is 0 Å². The van der Waals surface area contributed by atoms with Crippen LogP contribution >= 0.6 is 0 Å². The van der Waals surface area contributed by atoms with E-state index in [0.29, 0.717) is 46.9 Å². The smallest absolute Gasteiger partial charge is 0.245 e. The Labute approximate surface area is 207 Å². The highest BCUT2D eigenvalue weighted by Gasteiger charge is 2.47. The van der Waals surface area contributed by atoms with Crippen LogP contribution in [0.25, 0.3) is 11.2 Å². The van der Waals surface area contributed by atoms with Gasteiger partial charge in [-0.3, -0.25) is 5.10 Å². The second kappa shape index (κ2) is 8.64. The number of nitrogens with two attached hydrogens (primary N) is 1. The number of anilines is 3. The van der Waals surface area contributed by atoms with Gasteiger partial charge in [0.2, 0.25) is 6.43 Å². The summed E-state index contributed by atoms with van der Waals surface area (Å²) in [5, 5.41) is 16.7. The predicted molar refractivity (Wildman–Crippen MR) is 130 cm³/mol. The average molecular weight is 495 g/mol. The molecule has 6 rings (SSSR count). The standard InChI is InChI=1S/C25H28F2N8O/c1-14-21(29)25(13-36-14)5-8-34(9-6-25)19-12-30-20-23(31-19)32-33-24(20)35-7-4-16(22(26)27)17-10-15(11-28)2-3-18(17)35/h2-3,10,12,14,16,21-22H,4-9,13,29H2,1H3,(H,31,32,33)/t14-,16+,21+/m0/s1. The van der Waals surface area contributed by atoms with Crippen LogP contribution in [0.3, 0.4) is 0 Å². The van der Waals surface area contributed by atoms with Gasteiger partial charge >= 0.3 is 0 Å². The molecule has 2 saturated heterocycles. The van der Waals surface area contributed by atoms with Gasteiger partial charge < -0.3 is 20.3 Å². The largest absolute Gasteiger partial charge is 0.376 e. The van der Waals surface area contributed by atoms with Crippen molar-refractivity contribution in [2.24, 2.45) is 11.1 Å². The quantitative estimate of drug-likeness (QED) is 0.568. The number of nitrogens with zero attached hydrogens (tertiary/aromatic N) is 6.